The standard InChI is InChI=1S/C24H18N4OS2/c25-14-19-18-8-4-9-20(18)31-24(19)26-22(29)12-11-16-15-28(17-6-2-1-3-7-17)27-23(16)21-10-5-13-30-21/h1-3,5-7,10-13,15H,4,8-9H2,(H,26,29). The third-order valence-electron chi connectivity index (χ3n) is 5.20. The maximum absolute atomic E-state index is 12.6. The van der Waals surface area contributed by atoms with Crippen LogP contribution in [0.1, 0.15) is 28.0 Å². The predicted octanol–water partition coefficient (Wildman–Crippen LogP) is 5.67. The second-order valence-corrected chi connectivity index (χ2v) is 9.24. The maximum atomic E-state index is 12.6. The van der Waals surface area contributed by atoms with E-state index < -0.39 is 0 Å². The molecule has 0 bridgehead atoms. The Morgan fingerprint density at radius 3 is 2.84 bits per heavy atom. The number of nitrogens with one attached hydrogen (secondary N) is 1. The van der Waals surface area contributed by atoms with Crippen LogP contribution in [0.2, 0.25) is 0 Å². The molecule has 7 heteroatoms. The van der Waals surface area contributed by atoms with Crippen LogP contribution in [-0.4, -0.2) is 15.7 Å². The number of hydrogen-bond donors (Lipinski definition) is 1. The molecular weight excluding hydrogens is 424 g/mol. The number of nitriles is 1. The highest BCUT2D eigenvalue weighted by Gasteiger charge is 2.22. The Balaban J connectivity index is 1.42. The summed E-state index contributed by atoms with van der Waals surface area (Å²) in [5.74, 6) is -0.249. The van der Waals surface area contributed by atoms with Gasteiger partial charge in [-0.3, -0.25) is 4.79 Å². The quantitative estimate of drug-likeness (QED) is 0.405. The largest absolute Gasteiger partial charge is 0.313 e. The second kappa shape index (κ2) is 8.34. The third kappa shape index (κ3) is 3.83. The molecular formula is C24H18N4OS2. The lowest BCUT2D eigenvalue weighted by Crippen LogP contribution is -2.07. The number of anilines is 1. The van der Waals surface area contributed by atoms with Crippen molar-refractivity contribution in [3.05, 3.63) is 81.7 Å². The number of aryl methyl sites for hydroxylation is 1. The van der Waals surface area contributed by atoms with Crippen molar-refractivity contribution in [3.63, 3.8) is 0 Å². The van der Waals surface area contributed by atoms with E-state index in [2.05, 4.69) is 11.4 Å². The fraction of sp³-hybridized carbons (Fsp3) is 0.125. The van der Waals surface area contributed by atoms with Crippen molar-refractivity contribution in [2.75, 3.05) is 5.32 Å². The molecule has 1 aliphatic rings. The Kier molecular flexibility index (Phi) is 5.24. The van der Waals surface area contributed by atoms with E-state index in [1.807, 2.05) is 58.7 Å². The second-order valence-electron chi connectivity index (χ2n) is 7.19. The van der Waals surface area contributed by atoms with Crippen LogP contribution in [0.3, 0.4) is 0 Å². The van der Waals surface area contributed by atoms with E-state index in [-0.39, 0.29) is 5.91 Å². The zero-order valence-electron chi connectivity index (χ0n) is 16.5. The number of para-hydroxylation sites is 1. The monoisotopic (exact) mass is 442 g/mol. The van der Waals surface area contributed by atoms with Gasteiger partial charge >= 0.3 is 0 Å². The third-order valence-corrected chi connectivity index (χ3v) is 7.29. The predicted molar refractivity (Wildman–Crippen MR) is 126 cm³/mol. The average Bonchev–Trinajstić information content (AvgIpc) is 3.56. The molecule has 0 atom stereocenters. The molecule has 3 heterocycles. The van der Waals surface area contributed by atoms with Gasteiger partial charge in [-0.1, -0.05) is 24.3 Å². The molecule has 1 aromatic carbocycles. The molecule has 152 valence electrons. The van der Waals surface area contributed by atoms with Crippen LogP contribution >= 0.6 is 22.7 Å². The van der Waals surface area contributed by atoms with E-state index in [1.165, 1.54) is 22.3 Å². The number of carbonyl (C=O) groups is 1. The summed E-state index contributed by atoms with van der Waals surface area (Å²) in [6, 6.07) is 16.2. The number of nitrogens with zero attached hydrogens (tertiary/aromatic N) is 3. The molecule has 5 nitrogen and oxygen atoms in total. The molecule has 0 aliphatic heterocycles. The first-order chi connectivity index (χ1) is 15.2. The van der Waals surface area contributed by atoms with Crippen molar-refractivity contribution in [1.29, 1.82) is 5.26 Å². The van der Waals surface area contributed by atoms with Crippen LogP contribution < -0.4 is 5.32 Å². The number of aromatic nitrogens is 2. The Morgan fingerprint density at radius 2 is 2.06 bits per heavy atom. The molecule has 0 fully saturated rings. The molecule has 1 aliphatic carbocycles. The van der Waals surface area contributed by atoms with E-state index in [1.54, 1.807) is 17.4 Å². The van der Waals surface area contributed by atoms with Gasteiger partial charge in [0, 0.05) is 22.7 Å². The van der Waals surface area contributed by atoms with Gasteiger partial charge < -0.3 is 5.32 Å². The van der Waals surface area contributed by atoms with E-state index >= 15 is 0 Å². The number of fused-ring (bicyclic) bond motifs is 1. The smallest absolute Gasteiger partial charge is 0.249 e. The summed E-state index contributed by atoms with van der Waals surface area (Å²) < 4.78 is 1.82. The number of amides is 1. The van der Waals surface area contributed by atoms with Crippen molar-refractivity contribution in [2.24, 2.45) is 0 Å². The van der Waals surface area contributed by atoms with Gasteiger partial charge in [0.05, 0.1) is 16.1 Å². The molecule has 3 aromatic heterocycles. The molecule has 4 aromatic rings. The summed E-state index contributed by atoms with van der Waals surface area (Å²) in [6.45, 7) is 0. The molecule has 1 amide bonds. The highest BCUT2D eigenvalue weighted by molar-refractivity contribution is 7.16. The lowest BCUT2D eigenvalue weighted by atomic mass is 10.1. The number of benzene rings is 1. The topological polar surface area (TPSA) is 70.7 Å². The Hall–Kier alpha value is -3.47. The minimum absolute atomic E-state index is 0.249. The molecule has 0 saturated carbocycles. The lowest BCUT2D eigenvalue weighted by molar-refractivity contribution is -0.111. The van der Waals surface area contributed by atoms with Crippen molar-refractivity contribution >= 4 is 39.7 Å². The number of hydrogen-bond acceptors (Lipinski definition) is 5. The lowest BCUT2D eigenvalue weighted by Gasteiger charge is -2.00. The van der Waals surface area contributed by atoms with Gasteiger partial charge in [0.2, 0.25) is 5.91 Å². The van der Waals surface area contributed by atoms with Crippen molar-refractivity contribution < 1.29 is 4.79 Å². The fourth-order valence-corrected chi connectivity index (χ4v) is 5.73. The minimum Gasteiger partial charge on any atom is -0.313 e. The SMILES string of the molecule is N#Cc1c(NC(=O)C=Cc2cn(-c3ccccc3)nc2-c2cccs2)sc2c1CCC2. The Labute approximate surface area is 187 Å². The van der Waals surface area contributed by atoms with E-state index in [0.717, 1.165) is 46.6 Å². The van der Waals surface area contributed by atoms with E-state index in [4.69, 9.17) is 5.10 Å². The van der Waals surface area contributed by atoms with Crippen molar-refractivity contribution in [2.45, 2.75) is 19.3 Å². The van der Waals surface area contributed by atoms with Gasteiger partial charge in [-0.15, -0.1) is 22.7 Å². The Morgan fingerprint density at radius 1 is 1.19 bits per heavy atom. The zero-order chi connectivity index (χ0) is 21.2. The van der Waals surface area contributed by atoms with Crippen LogP contribution in [0, 0.1) is 11.3 Å². The van der Waals surface area contributed by atoms with Gasteiger partial charge in [-0.05, 0) is 54.5 Å². The minimum atomic E-state index is -0.249. The van der Waals surface area contributed by atoms with Gasteiger partial charge in [0.1, 0.15) is 16.8 Å². The first-order valence-corrected chi connectivity index (χ1v) is 11.6. The number of carbonyl (C=O) groups excluding carboxylic acids is 1. The fourth-order valence-electron chi connectivity index (χ4n) is 3.76. The van der Waals surface area contributed by atoms with Crippen molar-refractivity contribution in [3.8, 4) is 22.3 Å². The molecule has 0 unspecified atom stereocenters. The van der Waals surface area contributed by atoms with Crippen LogP contribution in [0.25, 0.3) is 22.3 Å². The molecule has 0 spiro atoms. The summed E-state index contributed by atoms with van der Waals surface area (Å²) in [7, 11) is 0. The molecule has 5 rings (SSSR count). The number of thiophene rings is 2. The molecule has 0 saturated heterocycles. The molecule has 1 N–H and O–H groups in total. The van der Waals surface area contributed by atoms with Crippen LogP contribution in [-0.2, 0) is 17.6 Å². The maximum Gasteiger partial charge on any atom is 0.249 e. The first kappa shape index (κ1) is 19.5. The summed E-state index contributed by atoms with van der Waals surface area (Å²) in [6.07, 6.45) is 8.21. The molecule has 0 radical (unpaired) electrons. The van der Waals surface area contributed by atoms with Gasteiger partial charge in [0.25, 0.3) is 0 Å². The molecule has 31 heavy (non-hydrogen) atoms. The Bertz CT molecular complexity index is 1310. The van der Waals surface area contributed by atoms with Crippen LogP contribution in [0.5, 0.6) is 0 Å². The summed E-state index contributed by atoms with van der Waals surface area (Å²) >= 11 is 3.13. The zero-order valence-corrected chi connectivity index (χ0v) is 18.2. The highest BCUT2D eigenvalue weighted by atomic mass is 32.1. The average molecular weight is 443 g/mol. The van der Waals surface area contributed by atoms with E-state index in [9.17, 15) is 10.1 Å². The number of rotatable bonds is 5. The van der Waals surface area contributed by atoms with E-state index in [0.29, 0.717) is 10.6 Å². The van der Waals surface area contributed by atoms with Gasteiger partial charge in [-0.25, -0.2) is 4.68 Å². The summed E-state index contributed by atoms with van der Waals surface area (Å²) in [5, 5.41) is 19.8. The highest BCUT2D eigenvalue weighted by Crippen LogP contribution is 2.38. The van der Waals surface area contributed by atoms with Crippen molar-refractivity contribution in [1.82, 2.24) is 9.78 Å². The summed E-state index contributed by atoms with van der Waals surface area (Å²) in [4.78, 5) is 14.9. The van der Waals surface area contributed by atoms with Gasteiger partial charge in [-0.2, -0.15) is 10.4 Å². The normalized spacial score (nSPS) is 12.7. The summed E-state index contributed by atoms with van der Waals surface area (Å²) in [5.41, 5.74) is 4.37. The van der Waals surface area contributed by atoms with Crippen LogP contribution in [0.4, 0.5) is 5.00 Å². The van der Waals surface area contributed by atoms with Gasteiger partial charge in [0.15, 0.2) is 0 Å². The van der Waals surface area contributed by atoms with Crippen LogP contribution in [0.15, 0.2) is 60.1 Å². The first-order valence-electron chi connectivity index (χ1n) is 9.95.